The maximum atomic E-state index is 14.7. The van der Waals surface area contributed by atoms with Gasteiger partial charge in [0.15, 0.2) is 9.84 Å². The Kier molecular flexibility index (Phi) is 7.45. The number of halogens is 1. The number of nitrogens with zero attached hydrogens (tertiary/aromatic N) is 4. The number of pyridine rings is 2. The number of nitrogens with two attached hydrogens (primary N) is 1. The van der Waals surface area contributed by atoms with E-state index in [1.54, 1.807) is 35.6 Å². The van der Waals surface area contributed by atoms with E-state index in [0.29, 0.717) is 33.7 Å². The topological polar surface area (TPSA) is 163 Å². The summed E-state index contributed by atoms with van der Waals surface area (Å²) in [7, 11) is 0.00224. The molecule has 5 N–H and O–H groups in total. The molecule has 0 bridgehead atoms. The number of amides is 1. The molecule has 6 rings (SSSR count). The molecule has 2 aromatic carbocycles. The van der Waals surface area contributed by atoms with E-state index in [4.69, 9.17) is 5.73 Å². The van der Waals surface area contributed by atoms with Crippen molar-refractivity contribution in [2.24, 2.45) is 5.73 Å². The summed E-state index contributed by atoms with van der Waals surface area (Å²) in [5.41, 5.74) is 12.1. The molecule has 0 saturated carbocycles. The van der Waals surface area contributed by atoms with Gasteiger partial charge in [0.1, 0.15) is 16.9 Å². The number of carbonyl (C=O) groups excluding carboxylic acids is 1. The fourth-order valence-electron chi connectivity index (χ4n) is 5.12. The zero-order chi connectivity index (χ0) is 31.2. The summed E-state index contributed by atoms with van der Waals surface area (Å²) in [5.74, 6) is -0.755. The monoisotopic (exact) mass is 612 g/mol. The minimum atomic E-state index is -3.65. The molecular formula is C31H29FN8O3S. The van der Waals surface area contributed by atoms with Gasteiger partial charge in [-0.05, 0) is 73.8 Å². The maximum absolute atomic E-state index is 14.7. The summed E-state index contributed by atoms with van der Waals surface area (Å²) in [6.45, 7) is 0.255. The number of hydrogen-bond acceptors (Lipinski definition) is 8. The number of benzene rings is 2. The van der Waals surface area contributed by atoms with E-state index in [2.05, 4.69) is 30.5 Å². The van der Waals surface area contributed by atoms with Gasteiger partial charge in [0, 0.05) is 46.1 Å². The SMILES string of the molecule is CN(C)CC(=O)Nc1cncc(-c2ccc3[nH]nc(-c4cc5c(-c6cc(F)cc(C(N)S(C)(=O)=O)c6)nccc5[nH]4)c3c2)c1. The molecule has 0 aliphatic rings. The molecule has 11 nitrogen and oxygen atoms in total. The van der Waals surface area contributed by atoms with E-state index in [-0.39, 0.29) is 18.0 Å². The van der Waals surface area contributed by atoms with Gasteiger partial charge in [0.2, 0.25) is 5.91 Å². The van der Waals surface area contributed by atoms with Crippen molar-refractivity contribution in [2.75, 3.05) is 32.2 Å². The molecule has 0 saturated heterocycles. The first-order valence-electron chi connectivity index (χ1n) is 13.6. The molecule has 1 unspecified atom stereocenters. The van der Waals surface area contributed by atoms with Crippen LogP contribution in [0.3, 0.4) is 0 Å². The second-order valence-electron chi connectivity index (χ2n) is 10.9. The van der Waals surface area contributed by atoms with E-state index in [1.165, 1.54) is 6.07 Å². The third-order valence-corrected chi connectivity index (χ3v) is 8.36. The lowest BCUT2D eigenvalue weighted by molar-refractivity contribution is -0.116. The molecule has 4 aromatic heterocycles. The molecule has 1 atom stereocenters. The first kappa shape index (κ1) is 29.1. The van der Waals surface area contributed by atoms with Gasteiger partial charge < -0.3 is 20.9 Å². The van der Waals surface area contributed by atoms with E-state index in [0.717, 1.165) is 39.9 Å². The van der Waals surface area contributed by atoms with Gasteiger partial charge in [-0.2, -0.15) is 5.10 Å². The third kappa shape index (κ3) is 5.80. The van der Waals surface area contributed by atoms with Gasteiger partial charge >= 0.3 is 0 Å². The van der Waals surface area contributed by atoms with Crippen molar-refractivity contribution in [3.05, 3.63) is 84.6 Å². The van der Waals surface area contributed by atoms with Gasteiger partial charge in [-0.25, -0.2) is 12.8 Å². The van der Waals surface area contributed by atoms with Crippen LogP contribution in [0, 0.1) is 5.82 Å². The van der Waals surface area contributed by atoms with E-state index in [1.807, 2.05) is 44.4 Å². The van der Waals surface area contributed by atoms with Crippen molar-refractivity contribution in [1.29, 1.82) is 0 Å². The summed E-state index contributed by atoms with van der Waals surface area (Å²) in [4.78, 5) is 26.2. The fourth-order valence-corrected chi connectivity index (χ4v) is 5.76. The lowest BCUT2D eigenvalue weighted by atomic mass is 10.0. The normalized spacial score (nSPS) is 12.7. The van der Waals surface area contributed by atoms with Gasteiger partial charge in [-0.15, -0.1) is 0 Å². The highest BCUT2D eigenvalue weighted by Crippen LogP contribution is 2.35. The number of aromatic nitrogens is 5. The zero-order valence-corrected chi connectivity index (χ0v) is 24.9. The molecule has 0 radical (unpaired) electrons. The smallest absolute Gasteiger partial charge is 0.238 e. The van der Waals surface area contributed by atoms with Gasteiger partial charge in [-0.1, -0.05) is 6.07 Å². The number of H-pyrrole nitrogens is 2. The Balaban J connectivity index is 1.39. The van der Waals surface area contributed by atoms with E-state index in [9.17, 15) is 17.6 Å². The Hall–Kier alpha value is -4.98. The third-order valence-electron chi connectivity index (χ3n) is 7.16. The van der Waals surface area contributed by atoms with E-state index < -0.39 is 21.0 Å². The highest BCUT2D eigenvalue weighted by atomic mass is 32.2. The maximum Gasteiger partial charge on any atom is 0.238 e. The molecule has 0 aliphatic carbocycles. The van der Waals surface area contributed by atoms with Crippen molar-refractivity contribution >= 4 is 43.2 Å². The number of sulfone groups is 1. The number of carbonyl (C=O) groups is 1. The van der Waals surface area contributed by atoms with Crippen LogP contribution in [0.5, 0.6) is 0 Å². The highest BCUT2D eigenvalue weighted by Gasteiger charge is 2.21. The summed E-state index contributed by atoms with van der Waals surface area (Å²) < 4.78 is 38.8. The largest absolute Gasteiger partial charge is 0.353 e. The molecule has 4 heterocycles. The van der Waals surface area contributed by atoms with Crippen molar-refractivity contribution in [2.45, 2.75) is 5.37 Å². The van der Waals surface area contributed by atoms with E-state index >= 15 is 0 Å². The average Bonchev–Trinajstić information content (AvgIpc) is 3.59. The summed E-state index contributed by atoms with van der Waals surface area (Å²) in [6, 6.07) is 15.4. The van der Waals surface area contributed by atoms with Crippen LogP contribution in [0.1, 0.15) is 10.9 Å². The number of anilines is 1. The number of rotatable bonds is 8. The number of fused-ring (bicyclic) bond motifs is 2. The van der Waals surface area contributed by atoms with Crippen LogP contribution in [-0.2, 0) is 14.6 Å². The van der Waals surface area contributed by atoms with Crippen LogP contribution >= 0.6 is 0 Å². The minimum absolute atomic E-state index is 0.137. The second-order valence-corrected chi connectivity index (χ2v) is 13.1. The van der Waals surface area contributed by atoms with Crippen LogP contribution in [0.4, 0.5) is 10.1 Å². The number of likely N-dealkylation sites (N-methyl/N-ethyl adjacent to an activating group) is 1. The Morgan fingerprint density at radius 2 is 1.77 bits per heavy atom. The van der Waals surface area contributed by atoms with Crippen molar-refractivity contribution in [3.8, 4) is 33.8 Å². The Morgan fingerprint density at radius 1 is 0.977 bits per heavy atom. The Labute approximate surface area is 252 Å². The zero-order valence-electron chi connectivity index (χ0n) is 24.1. The van der Waals surface area contributed by atoms with Crippen LogP contribution in [0.25, 0.3) is 55.6 Å². The van der Waals surface area contributed by atoms with Crippen LogP contribution in [0.15, 0.2) is 73.2 Å². The van der Waals surface area contributed by atoms with Crippen LogP contribution in [-0.4, -0.2) is 71.3 Å². The molecular weight excluding hydrogens is 583 g/mol. The molecule has 44 heavy (non-hydrogen) atoms. The predicted molar refractivity (Wildman–Crippen MR) is 169 cm³/mol. The van der Waals surface area contributed by atoms with Crippen molar-refractivity contribution < 1.29 is 17.6 Å². The van der Waals surface area contributed by atoms with Gasteiger partial charge in [0.05, 0.1) is 35.3 Å². The summed E-state index contributed by atoms with van der Waals surface area (Å²) in [6.07, 6.45) is 5.94. The van der Waals surface area contributed by atoms with Gasteiger partial charge in [0.25, 0.3) is 0 Å². The average molecular weight is 613 g/mol. The quantitative estimate of drug-likeness (QED) is 0.196. The number of hydrogen-bond donors (Lipinski definition) is 4. The standard InChI is InChI=1S/C31H29FN8O3S/c1-40(2)16-28(41)36-22-11-20(14-34-15-22)17-4-5-26-23(12-17)30(39-38-26)27-13-24-25(37-27)6-7-35-29(24)18-8-19(10-21(32)9-18)31(33)44(3,42)43/h4-15,31,37H,16,33H2,1-3H3,(H,36,41)(H,38,39). The first-order chi connectivity index (χ1) is 21.0. The molecule has 0 fully saturated rings. The first-order valence-corrected chi connectivity index (χ1v) is 15.5. The van der Waals surface area contributed by atoms with Crippen molar-refractivity contribution in [1.82, 2.24) is 30.0 Å². The molecule has 0 spiro atoms. The lowest BCUT2D eigenvalue weighted by Crippen LogP contribution is -2.27. The number of aromatic amines is 2. The molecule has 13 heteroatoms. The molecule has 6 aromatic rings. The predicted octanol–water partition coefficient (Wildman–Crippen LogP) is 4.48. The highest BCUT2D eigenvalue weighted by molar-refractivity contribution is 7.90. The molecule has 1 amide bonds. The number of nitrogens with one attached hydrogen (secondary N) is 3. The minimum Gasteiger partial charge on any atom is -0.353 e. The van der Waals surface area contributed by atoms with Crippen LogP contribution in [0.2, 0.25) is 0 Å². The summed E-state index contributed by atoms with van der Waals surface area (Å²) >= 11 is 0. The Bertz CT molecular complexity index is 2160. The lowest BCUT2D eigenvalue weighted by Gasteiger charge is -2.12. The fraction of sp³-hybridized carbons (Fsp3) is 0.161. The Morgan fingerprint density at radius 3 is 2.55 bits per heavy atom. The molecule has 224 valence electrons. The summed E-state index contributed by atoms with van der Waals surface area (Å²) in [5, 5.41) is 10.7. The van der Waals surface area contributed by atoms with Crippen LogP contribution < -0.4 is 11.1 Å². The van der Waals surface area contributed by atoms with Crippen molar-refractivity contribution in [3.63, 3.8) is 0 Å². The second kappa shape index (κ2) is 11.3. The molecule has 0 aliphatic heterocycles. The van der Waals surface area contributed by atoms with Gasteiger partial charge in [-0.3, -0.25) is 19.9 Å².